The molecule has 0 bridgehead atoms. The molecule has 2 aromatic rings. The number of rotatable bonds is 7. The van der Waals surface area contributed by atoms with Crippen LogP contribution in [0.25, 0.3) is 0 Å². The van der Waals surface area contributed by atoms with Gasteiger partial charge in [0.25, 0.3) is 11.7 Å². The van der Waals surface area contributed by atoms with E-state index in [1.54, 1.807) is 0 Å². The van der Waals surface area contributed by atoms with Crippen LogP contribution < -0.4 is 10.1 Å². The number of hydrogen-bond donors (Lipinski definition) is 1. The molecule has 6 nitrogen and oxygen atoms in total. The fourth-order valence-corrected chi connectivity index (χ4v) is 2.31. The number of carbonyl (C=O) groups is 1. The number of nitrogens with one attached hydrogen (secondary N) is 1. The van der Waals surface area contributed by atoms with Gasteiger partial charge < -0.3 is 10.1 Å². The third-order valence-electron chi connectivity index (χ3n) is 2.84. The maximum atomic E-state index is 13.2. The number of nitro groups is 1. The van der Waals surface area contributed by atoms with Crippen molar-refractivity contribution in [2.24, 2.45) is 0 Å². The monoisotopic (exact) mass is 372 g/mol. The Kier molecular flexibility index (Phi) is 6.23. The first-order valence-electron chi connectivity index (χ1n) is 6.76. The maximum absolute atomic E-state index is 13.2. The van der Waals surface area contributed by atoms with Crippen LogP contribution in [0.5, 0.6) is 5.75 Å². The van der Waals surface area contributed by atoms with Gasteiger partial charge in [0.2, 0.25) is 5.75 Å². The van der Waals surface area contributed by atoms with Crippen LogP contribution in [-0.2, 0) is 4.79 Å². The molecule has 2 aromatic carbocycles. The van der Waals surface area contributed by atoms with Gasteiger partial charge in [-0.1, -0.05) is 11.8 Å². The molecule has 0 radical (unpaired) electrons. The first-order chi connectivity index (χ1) is 11.8. The number of halogens is 3. The van der Waals surface area contributed by atoms with Crippen molar-refractivity contribution in [3.05, 3.63) is 58.4 Å². The summed E-state index contributed by atoms with van der Waals surface area (Å²) < 4.78 is 42.6. The molecule has 0 atom stereocenters. The van der Waals surface area contributed by atoms with Crippen molar-refractivity contribution in [2.45, 2.75) is 10.7 Å². The second-order valence-electron chi connectivity index (χ2n) is 4.61. The van der Waals surface area contributed by atoms with Crippen LogP contribution in [0, 0.1) is 15.9 Å². The molecule has 2 rings (SSSR count). The predicted octanol–water partition coefficient (Wildman–Crippen LogP) is 4.07. The Balaban J connectivity index is 1.95. The number of amides is 1. The Morgan fingerprint density at radius 1 is 1.24 bits per heavy atom. The molecule has 0 heterocycles. The van der Waals surface area contributed by atoms with Gasteiger partial charge in [0, 0.05) is 22.7 Å². The number of ether oxygens (including phenoxy) is 1. The Labute approximate surface area is 144 Å². The highest BCUT2D eigenvalue weighted by Gasteiger charge is 2.17. The molecule has 0 aromatic heterocycles. The van der Waals surface area contributed by atoms with Crippen molar-refractivity contribution in [1.29, 1.82) is 0 Å². The third kappa shape index (κ3) is 5.68. The van der Waals surface area contributed by atoms with E-state index >= 15 is 0 Å². The van der Waals surface area contributed by atoms with Gasteiger partial charge in [0.15, 0.2) is 6.61 Å². The van der Waals surface area contributed by atoms with Gasteiger partial charge in [-0.2, -0.15) is 8.78 Å². The molecule has 0 aliphatic carbocycles. The first-order valence-corrected chi connectivity index (χ1v) is 7.64. The lowest BCUT2D eigenvalue weighted by Crippen LogP contribution is -2.20. The van der Waals surface area contributed by atoms with Crippen LogP contribution in [0.1, 0.15) is 0 Å². The lowest BCUT2D eigenvalue weighted by Gasteiger charge is -2.08. The summed E-state index contributed by atoms with van der Waals surface area (Å²) in [6, 6.07) is 8.31. The number of nitro benzene ring substituents is 1. The standard InChI is InChI=1S/C15H11F3N2O4S/c16-9-1-6-12(20(22)23)13(7-9)24-8-14(21)19-10-2-4-11(5-3-10)25-15(17)18/h1-7,15H,8H2,(H,19,21). The van der Waals surface area contributed by atoms with Gasteiger partial charge in [-0.15, -0.1) is 0 Å². The molecule has 0 spiro atoms. The predicted molar refractivity (Wildman–Crippen MR) is 85.5 cm³/mol. The Morgan fingerprint density at radius 3 is 2.52 bits per heavy atom. The summed E-state index contributed by atoms with van der Waals surface area (Å²) in [7, 11) is 0. The number of carbonyl (C=O) groups excluding carboxylic acids is 1. The van der Waals surface area contributed by atoms with Crippen molar-refractivity contribution >= 4 is 29.0 Å². The number of nitrogens with zero attached hydrogens (tertiary/aromatic N) is 1. The average molecular weight is 372 g/mol. The van der Waals surface area contributed by atoms with E-state index in [4.69, 9.17) is 4.74 Å². The fourth-order valence-electron chi connectivity index (χ4n) is 1.81. The molecule has 1 N–H and O–H groups in total. The third-order valence-corrected chi connectivity index (χ3v) is 3.56. The molecular weight excluding hydrogens is 361 g/mol. The quantitative estimate of drug-likeness (QED) is 0.450. The molecule has 0 unspecified atom stereocenters. The zero-order valence-corrected chi connectivity index (χ0v) is 13.3. The summed E-state index contributed by atoms with van der Waals surface area (Å²) >= 11 is 0.369. The number of thioether (sulfide) groups is 1. The molecule has 0 aliphatic rings. The Hall–Kier alpha value is -2.75. The molecule has 0 saturated carbocycles. The van der Waals surface area contributed by atoms with Crippen LogP contribution in [0.2, 0.25) is 0 Å². The van der Waals surface area contributed by atoms with Crippen LogP contribution in [-0.4, -0.2) is 23.2 Å². The zero-order valence-electron chi connectivity index (χ0n) is 12.4. The van der Waals surface area contributed by atoms with Gasteiger partial charge in [-0.25, -0.2) is 4.39 Å². The minimum Gasteiger partial charge on any atom is -0.477 e. The normalized spacial score (nSPS) is 10.6. The van der Waals surface area contributed by atoms with Crippen molar-refractivity contribution in [3.63, 3.8) is 0 Å². The zero-order chi connectivity index (χ0) is 18.4. The smallest absolute Gasteiger partial charge is 0.311 e. The summed E-state index contributed by atoms with van der Waals surface area (Å²) in [6.45, 7) is -0.585. The van der Waals surface area contributed by atoms with Crippen molar-refractivity contribution in [2.75, 3.05) is 11.9 Å². The van der Waals surface area contributed by atoms with E-state index in [0.29, 0.717) is 22.3 Å². The molecule has 0 saturated heterocycles. The van der Waals surface area contributed by atoms with Crippen LogP contribution in [0.4, 0.5) is 24.5 Å². The summed E-state index contributed by atoms with van der Waals surface area (Å²) in [5.41, 5.74) is -0.136. The summed E-state index contributed by atoms with van der Waals surface area (Å²) in [4.78, 5) is 22.2. The minimum atomic E-state index is -2.55. The van der Waals surface area contributed by atoms with Gasteiger partial charge in [-0.05, 0) is 30.3 Å². The van der Waals surface area contributed by atoms with Gasteiger partial charge in [0.05, 0.1) is 4.92 Å². The summed E-state index contributed by atoms with van der Waals surface area (Å²) in [6.07, 6.45) is 0. The fraction of sp³-hybridized carbons (Fsp3) is 0.133. The maximum Gasteiger partial charge on any atom is 0.311 e. The van der Waals surface area contributed by atoms with E-state index in [-0.39, 0.29) is 5.75 Å². The highest BCUT2D eigenvalue weighted by Crippen LogP contribution is 2.28. The number of hydrogen-bond acceptors (Lipinski definition) is 5. The molecule has 25 heavy (non-hydrogen) atoms. The number of alkyl halides is 2. The molecular formula is C15H11F3N2O4S. The van der Waals surface area contributed by atoms with Gasteiger partial charge in [0.1, 0.15) is 5.82 Å². The van der Waals surface area contributed by atoms with Crippen LogP contribution in [0.3, 0.4) is 0 Å². The van der Waals surface area contributed by atoms with Gasteiger partial charge >= 0.3 is 5.69 Å². The van der Waals surface area contributed by atoms with E-state index in [9.17, 15) is 28.1 Å². The molecule has 10 heteroatoms. The van der Waals surface area contributed by atoms with E-state index in [2.05, 4.69) is 5.32 Å². The van der Waals surface area contributed by atoms with E-state index in [1.165, 1.54) is 24.3 Å². The van der Waals surface area contributed by atoms with E-state index in [1.807, 2.05) is 0 Å². The Morgan fingerprint density at radius 2 is 1.92 bits per heavy atom. The summed E-state index contributed by atoms with van der Waals surface area (Å²) in [5, 5.41) is 13.3. The molecule has 132 valence electrons. The first kappa shape index (κ1) is 18.6. The molecule has 1 amide bonds. The minimum absolute atomic E-state index is 0.333. The largest absolute Gasteiger partial charge is 0.477 e. The summed E-state index contributed by atoms with van der Waals surface area (Å²) in [5.74, 6) is -4.30. The van der Waals surface area contributed by atoms with Crippen LogP contribution >= 0.6 is 11.8 Å². The second-order valence-corrected chi connectivity index (χ2v) is 5.67. The molecule has 0 fully saturated rings. The van der Waals surface area contributed by atoms with Gasteiger partial charge in [-0.3, -0.25) is 14.9 Å². The van der Waals surface area contributed by atoms with Crippen molar-refractivity contribution in [1.82, 2.24) is 0 Å². The van der Waals surface area contributed by atoms with Crippen LogP contribution in [0.15, 0.2) is 47.4 Å². The van der Waals surface area contributed by atoms with Crippen molar-refractivity contribution in [3.8, 4) is 5.75 Å². The highest BCUT2D eigenvalue weighted by molar-refractivity contribution is 7.99. The van der Waals surface area contributed by atoms with Crippen molar-refractivity contribution < 1.29 is 27.6 Å². The topological polar surface area (TPSA) is 81.5 Å². The molecule has 0 aliphatic heterocycles. The highest BCUT2D eigenvalue weighted by atomic mass is 32.2. The van der Waals surface area contributed by atoms with E-state index in [0.717, 1.165) is 18.2 Å². The number of benzene rings is 2. The second kappa shape index (κ2) is 8.38. The lowest BCUT2D eigenvalue weighted by molar-refractivity contribution is -0.385. The van der Waals surface area contributed by atoms with E-state index < -0.39 is 34.7 Å². The SMILES string of the molecule is O=C(COc1cc(F)ccc1[N+](=O)[O-])Nc1ccc(SC(F)F)cc1. The number of anilines is 1. The Bertz CT molecular complexity index is 772. The lowest BCUT2D eigenvalue weighted by atomic mass is 10.3. The average Bonchev–Trinajstić information content (AvgIpc) is 2.54.